The van der Waals surface area contributed by atoms with Crippen LogP contribution in [0.2, 0.25) is 0 Å². The molecule has 0 aromatic carbocycles. The van der Waals surface area contributed by atoms with Crippen LogP contribution >= 0.6 is 0 Å². The molecule has 8 heteroatoms. The average Bonchev–Trinajstić information content (AvgIpc) is 2.34. The van der Waals surface area contributed by atoms with Crippen LogP contribution in [-0.4, -0.2) is 30.9 Å². The summed E-state index contributed by atoms with van der Waals surface area (Å²) >= 11 is 0. The van der Waals surface area contributed by atoms with Crippen LogP contribution in [0.25, 0.3) is 11.2 Å². The molecule has 6 N–H and O–H groups in total. The third kappa shape index (κ3) is 0.992. The minimum atomic E-state index is -0.388. The molecule has 2 heterocycles. The van der Waals surface area contributed by atoms with E-state index in [9.17, 15) is 4.79 Å². The second kappa shape index (κ2) is 2.58. The molecule has 0 radical (unpaired) electrons. The third-order valence-corrected chi connectivity index (χ3v) is 1.21. The largest absolute Gasteiger partial charge is 0.412 e. The number of H-pyrrole nitrogens is 2. The van der Waals surface area contributed by atoms with Crippen molar-refractivity contribution in [3.8, 4) is 0 Å². The first-order valence-corrected chi connectivity index (χ1v) is 2.83. The second-order valence-corrected chi connectivity index (χ2v) is 1.95. The van der Waals surface area contributed by atoms with Gasteiger partial charge in [0.25, 0.3) is 5.56 Å². The molecule has 0 aliphatic heterocycles. The van der Waals surface area contributed by atoms with Crippen LogP contribution in [0.4, 0.5) is 5.95 Å². The first-order chi connectivity index (χ1) is 5.27. The third-order valence-electron chi connectivity index (χ3n) is 1.21. The van der Waals surface area contributed by atoms with E-state index in [2.05, 4.69) is 25.4 Å². The maximum atomic E-state index is 11.0. The lowest BCUT2D eigenvalue weighted by Crippen LogP contribution is -2.10. The minimum absolute atomic E-state index is 0. The summed E-state index contributed by atoms with van der Waals surface area (Å²) in [6.07, 6.45) is 0. The van der Waals surface area contributed by atoms with Crippen molar-refractivity contribution in [1.82, 2.24) is 25.4 Å². The van der Waals surface area contributed by atoms with Gasteiger partial charge in [0.2, 0.25) is 11.6 Å². The van der Waals surface area contributed by atoms with E-state index in [0.717, 1.165) is 0 Å². The molecule has 0 saturated carbocycles. The van der Waals surface area contributed by atoms with Crippen LogP contribution < -0.4 is 11.3 Å². The summed E-state index contributed by atoms with van der Waals surface area (Å²) < 4.78 is 0. The van der Waals surface area contributed by atoms with Crippen LogP contribution in [0.1, 0.15) is 0 Å². The molecule has 0 spiro atoms. The van der Waals surface area contributed by atoms with Crippen molar-refractivity contribution >= 4 is 17.1 Å². The molecule has 8 nitrogen and oxygen atoms in total. The molecule has 0 unspecified atom stereocenters. The topological polar surface area (TPSA) is 145 Å². The number of aromatic nitrogens is 5. The highest BCUT2D eigenvalue weighted by Gasteiger charge is 2.03. The number of nitrogen functional groups attached to an aromatic ring is 1. The van der Waals surface area contributed by atoms with Gasteiger partial charge < -0.3 is 11.2 Å². The molecule has 0 bridgehead atoms. The Kier molecular flexibility index (Phi) is 1.75. The number of aromatic amines is 2. The van der Waals surface area contributed by atoms with Crippen molar-refractivity contribution in [2.75, 3.05) is 5.73 Å². The molecule has 2 rings (SSSR count). The standard InChI is InChI=1S/C4H4N6O.H2O/c5-4-6-2-1(3(11)7-4)8-10-9-2;/h(H4,5,6,7,8,9,10,11);1H2. The van der Waals surface area contributed by atoms with E-state index in [-0.39, 0.29) is 28.1 Å². The number of fused-ring (bicyclic) bond motifs is 1. The average molecular weight is 170 g/mol. The highest BCUT2D eigenvalue weighted by atomic mass is 16.1. The van der Waals surface area contributed by atoms with Crippen molar-refractivity contribution in [2.24, 2.45) is 0 Å². The van der Waals surface area contributed by atoms with E-state index < -0.39 is 0 Å². The molecule has 0 amide bonds. The molecule has 0 saturated heterocycles. The molecule has 0 aliphatic rings. The van der Waals surface area contributed by atoms with Gasteiger partial charge in [0.05, 0.1) is 0 Å². The summed E-state index contributed by atoms with van der Waals surface area (Å²) in [5.41, 5.74) is 5.24. The number of nitrogens with one attached hydrogen (secondary N) is 2. The van der Waals surface area contributed by atoms with Gasteiger partial charge in [0, 0.05) is 0 Å². The Balaban J connectivity index is 0.000000720. The summed E-state index contributed by atoms with van der Waals surface area (Å²) in [4.78, 5) is 17.0. The van der Waals surface area contributed by atoms with E-state index in [4.69, 9.17) is 5.73 Å². The number of hydrogen-bond acceptors (Lipinski definition) is 5. The monoisotopic (exact) mass is 170 g/mol. The maximum absolute atomic E-state index is 11.0. The Morgan fingerprint density at radius 3 is 2.83 bits per heavy atom. The second-order valence-electron chi connectivity index (χ2n) is 1.95. The zero-order chi connectivity index (χ0) is 7.84. The zero-order valence-corrected chi connectivity index (χ0v) is 5.83. The highest BCUT2D eigenvalue weighted by Crippen LogP contribution is 1.96. The van der Waals surface area contributed by atoms with Gasteiger partial charge in [-0.2, -0.15) is 10.2 Å². The summed E-state index contributed by atoms with van der Waals surface area (Å²) in [6, 6.07) is 0. The lowest BCUT2D eigenvalue weighted by molar-refractivity contribution is 0.824. The Morgan fingerprint density at radius 2 is 2.08 bits per heavy atom. The highest BCUT2D eigenvalue weighted by molar-refractivity contribution is 5.68. The van der Waals surface area contributed by atoms with Gasteiger partial charge >= 0.3 is 0 Å². The summed E-state index contributed by atoms with van der Waals surface area (Å²) in [6.45, 7) is 0. The normalized spacial score (nSPS) is 9.67. The van der Waals surface area contributed by atoms with Crippen LogP contribution in [0.5, 0.6) is 0 Å². The summed E-state index contributed by atoms with van der Waals surface area (Å²) in [5.74, 6) is 0.0383. The van der Waals surface area contributed by atoms with E-state index in [1.54, 1.807) is 0 Å². The van der Waals surface area contributed by atoms with E-state index in [1.807, 2.05) is 0 Å². The summed E-state index contributed by atoms with van der Waals surface area (Å²) in [7, 11) is 0. The lowest BCUT2D eigenvalue weighted by atomic mass is 10.5. The fraction of sp³-hybridized carbons (Fsp3) is 0. The zero-order valence-electron chi connectivity index (χ0n) is 5.83. The van der Waals surface area contributed by atoms with E-state index in [0.29, 0.717) is 0 Å². The number of nitrogens with two attached hydrogens (primary N) is 1. The van der Waals surface area contributed by atoms with E-state index in [1.165, 1.54) is 0 Å². The van der Waals surface area contributed by atoms with Gasteiger partial charge in [-0.05, 0) is 0 Å². The van der Waals surface area contributed by atoms with Crippen molar-refractivity contribution in [3.05, 3.63) is 10.4 Å². The van der Waals surface area contributed by atoms with Gasteiger partial charge in [0.1, 0.15) is 0 Å². The molecule has 12 heavy (non-hydrogen) atoms. The quantitative estimate of drug-likeness (QED) is 0.410. The molecule has 0 aliphatic carbocycles. The van der Waals surface area contributed by atoms with Crippen molar-refractivity contribution < 1.29 is 5.48 Å². The van der Waals surface area contributed by atoms with Crippen LogP contribution in [0, 0.1) is 0 Å². The van der Waals surface area contributed by atoms with Crippen LogP contribution in [0.15, 0.2) is 4.79 Å². The lowest BCUT2D eigenvalue weighted by Gasteiger charge is -1.87. The Labute approximate surface area is 65.1 Å². The smallest absolute Gasteiger partial charge is 0.282 e. The minimum Gasteiger partial charge on any atom is -0.412 e. The Bertz CT molecular complexity index is 444. The van der Waals surface area contributed by atoms with Crippen LogP contribution in [-0.2, 0) is 0 Å². The predicted molar refractivity (Wildman–Crippen MR) is 40.3 cm³/mol. The maximum Gasteiger partial charge on any atom is 0.282 e. The van der Waals surface area contributed by atoms with Gasteiger partial charge in [-0.3, -0.25) is 9.78 Å². The summed E-state index contributed by atoms with van der Waals surface area (Å²) in [5, 5.41) is 9.42. The van der Waals surface area contributed by atoms with Crippen LogP contribution in [0.3, 0.4) is 0 Å². The predicted octanol–water partition coefficient (Wildman–Crippen LogP) is -2.20. The first-order valence-electron chi connectivity index (χ1n) is 2.83. The SMILES string of the molecule is Nc1nc2n[nH]nc2c(=O)[nH]1.O. The van der Waals surface area contributed by atoms with E-state index >= 15 is 0 Å². The molecule has 64 valence electrons. The molecule has 0 fully saturated rings. The van der Waals surface area contributed by atoms with Gasteiger partial charge in [-0.25, -0.2) is 0 Å². The number of rotatable bonds is 0. The first kappa shape index (κ1) is 8.14. The Morgan fingerprint density at radius 1 is 1.33 bits per heavy atom. The van der Waals surface area contributed by atoms with Crippen molar-refractivity contribution in [1.29, 1.82) is 0 Å². The fourth-order valence-corrected chi connectivity index (χ4v) is 0.773. The van der Waals surface area contributed by atoms with Crippen molar-refractivity contribution in [2.45, 2.75) is 0 Å². The van der Waals surface area contributed by atoms with Gasteiger partial charge in [0.15, 0.2) is 5.52 Å². The molecule has 2 aromatic rings. The number of anilines is 1. The fourth-order valence-electron chi connectivity index (χ4n) is 0.773. The van der Waals surface area contributed by atoms with Gasteiger partial charge in [-0.15, -0.1) is 10.2 Å². The van der Waals surface area contributed by atoms with Gasteiger partial charge in [-0.1, -0.05) is 0 Å². The number of nitrogens with zero attached hydrogens (tertiary/aromatic N) is 3. The molecule has 2 aromatic heterocycles. The molecular weight excluding hydrogens is 164 g/mol. The Hall–Kier alpha value is -1.96. The number of hydrogen-bond donors (Lipinski definition) is 3. The van der Waals surface area contributed by atoms with Crippen molar-refractivity contribution in [3.63, 3.8) is 0 Å². The molecular formula is C4H6N6O2. The molecule has 0 atom stereocenters.